The molecule has 1 aromatic carbocycles. The Morgan fingerprint density at radius 1 is 1.36 bits per heavy atom. The monoisotopic (exact) mass is 302 g/mol. The standard InChI is InChI=1S/C19H26O3/c1-6-15-11-16(19(8-7-9-19)18(20)21-5)10-14(4)17(15)22-12-13(2)3/h10-11H,2,6-9,12H2,1,3-5H3. The summed E-state index contributed by atoms with van der Waals surface area (Å²) >= 11 is 0. The molecule has 0 bridgehead atoms. The van der Waals surface area contributed by atoms with Crippen LogP contribution in [0, 0.1) is 6.92 Å². The maximum absolute atomic E-state index is 12.3. The number of benzene rings is 1. The number of carbonyl (C=O) groups excluding carboxylic acids is 1. The van der Waals surface area contributed by atoms with Gasteiger partial charge in [-0.3, -0.25) is 4.79 Å². The van der Waals surface area contributed by atoms with Crippen LogP contribution in [0.25, 0.3) is 0 Å². The Balaban J connectivity index is 2.41. The van der Waals surface area contributed by atoms with Gasteiger partial charge in [0.25, 0.3) is 0 Å². The topological polar surface area (TPSA) is 35.5 Å². The molecule has 1 aliphatic rings. The molecule has 0 aromatic heterocycles. The second kappa shape index (κ2) is 6.55. The number of hydrogen-bond donors (Lipinski definition) is 0. The van der Waals surface area contributed by atoms with E-state index in [1.165, 1.54) is 7.11 Å². The van der Waals surface area contributed by atoms with Crippen molar-refractivity contribution in [3.05, 3.63) is 41.0 Å². The molecule has 0 amide bonds. The fourth-order valence-corrected chi connectivity index (χ4v) is 3.12. The Morgan fingerprint density at radius 3 is 2.50 bits per heavy atom. The van der Waals surface area contributed by atoms with Crippen LogP contribution >= 0.6 is 0 Å². The fraction of sp³-hybridized carbons (Fsp3) is 0.526. The number of esters is 1. The van der Waals surface area contributed by atoms with Crippen LogP contribution in [0.15, 0.2) is 24.3 Å². The van der Waals surface area contributed by atoms with Crippen LogP contribution < -0.4 is 4.74 Å². The van der Waals surface area contributed by atoms with Gasteiger partial charge in [0.2, 0.25) is 0 Å². The van der Waals surface area contributed by atoms with Crippen LogP contribution in [0.3, 0.4) is 0 Å². The molecular formula is C19H26O3. The molecule has 1 saturated carbocycles. The third-order valence-corrected chi connectivity index (χ3v) is 4.53. The number of hydrogen-bond acceptors (Lipinski definition) is 3. The van der Waals surface area contributed by atoms with Crippen molar-refractivity contribution in [3.63, 3.8) is 0 Å². The number of carbonyl (C=O) groups is 1. The van der Waals surface area contributed by atoms with Gasteiger partial charge >= 0.3 is 5.97 Å². The third kappa shape index (κ3) is 2.90. The van der Waals surface area contributed by atoms with Gasteiger partial charge in [-0.15, -0.1) is 0 Å². The normalized spacial score (nSPS) is 15.8. The number of aryl methyl sites for hydroxylation is 2. The van der Waals surface area contributed by atoms with E-state index in [1.54, 1.807) is 0 Å². The van der Waals surface area contributed by atoms with Crippen LogP contribution in [-0.4, -0.2) is 19.7 Å². The number of rotatable bonds is 6. The molecular weight excluding hydrogens is 276 g/mol. The van der Waals surface area contributed by atoms with E-state index < -0.39 is 5.41 Å². The molecule has 0 atom stereocenters. The summed E-state index contributed by atoms with van der Waals surface area (Å²) in [5.41, 5.74) is 3.84. The van der Waals surface area contributed by atoms with Crippen molar-refractivity contribution in [2.45, 2.75) is 51.9 Å². The predicted molar refractivity (Wildman–Crippen MR) is 88.4 cm³/mol. The van der Waals surface area contributed by atoms with Crippen LogP contribution in [-0.2, 0) is 21.4 Å². The minimum absolute atomic E-state index is 0.115. The third-order valence-electron chi connectivity index (χ3n) is 4.53. The zero-order valence-corrected chi connectivity index (χ0v) is 14.1. The molecule has 0 unspecified atom stereocenters. The Bertz CT molecular complexity index is 583. The molecule has 22 heavy (non-hydrogen) atoms. The maximum atomic E-state index is 12.3. The average Bonchev–Trinajstić information content (AvgIpc) is 2.43. The van der Waals surface area contributed by atoms with Crippen molar-refractivity contribution < 1.29 is 14.3 Å². The second-order valence-corrected chi connectivity index (χ2v) is 6.31. The lowest BCUT2D eigenvalue weighted by Gasteiger charge is -2.40. The van der Waals surface area contributed by atoms with E-state index in [1.807, 2.05) is 13.8 Å². The van der Waals surface area contributed by atoms with E-state index in [0.29, 0.717) is 6.61 Å². The molecule has 0 heterocycles. The summed E-state index contributed by atoms with van der Waals surface area (Å²) in [6.45, 7) is 10.5. The highest BCUT2D eigenvalue weighted by Crippen LogP contribution is 2.46. The first-order valence-corrected chi connectivity index (χ1v) is 7.94. The average molecular weight is 302 g/mol. The Kier molecular flexibility index (Phi) is 4.94. The molecule has 3 heteroatoms. The molecule has 0 N–H and O–H groups in total. The lowest BCUT2D eigenvalue weighted by Crippen LogP contribution is -2.43. The molecule has 1 aromatic rings. The molecule has 0 spiro atoms. The summed E-state index contributed by atoms with van der Waals surface area (Å²) < 4.78 is 11.0. The molecule has 120 valence electrons. The summed E-state index contributed by atoms with van der Waals surface area (Å²) in [6, 6.07) is 4.21. The van der Waals surface area contributed by atoms with Crippen molar-refractivity contribution >= 4 is 5.97 Å². The van der Waals surface area contributed by atoms with Crippen molar-refractivity contribution in [1.82, 2.24) is 0 Å². The first kappa shape index (κ1) is 16.6. The molecule has 3 nitrogen and oxygen atoms in total. The van der Waals surface area contributed by atoms with Crippen molar-refractivity contribution in [2.75, 3.05) is 13.7 Å². The number of methoxy groups -OCH3 is 1. The van der Waals surface area contributed by atoms with E-state index in [0.717, 1.165) is 53.7 Å². The van der Waals surface area contributed by atoms with Crippen LogP contribution in [0.1, 0.15) is 49.8 Å². The van der Waals surface area contributed by atoms with E-state index >= 15 is 0 Å². The van der Waals surface area contributed by atoms with Gasteiger partial charge in [0, 0.05) is 0 Å². The van der Waals surface area contributed by atoms with Gasteiger partial charge in [0.1, 0.15) is 12.4 Å². The van der Waals surface area contributed by atoms with Gasteiger partial charge in [-0.1, -0.05) is 32.1 Å². The lowest BCUT2D eigenvalue weighted by atomic mass is 9.64. The Morgan fingerprint density at radius 2 is 2.05 bits per heavy atom. The van der Waals surface area contributed by atoms with Crippen molar-refractivity contribution in [2.24, 2.45) is 0 Å². The molecule has 0 radical (unpaired) electrons. The Labute approximate surface area is 133 Å². The molecule has 1 aliphatic carbocycles. The molecule has 0 saturated heterocycles. The highest BCUT2D eigenvalue weighted by molar-refractivity contribution is 5.84. The first-order chi connectivity index (χ1) is 10.4. The van der Waals surface area contributed by atoms with Crippen LogP contribution in [0.5, 0.6) is 5.75 Å². The zero-order valence-electron chi connectivity index (χ0n) is 14.1. The van der Waals surface area contributed by atoms with Gasteiger partial charge in [-0.05, 0) is 55.4 Å². The summed E-state index contributed by atoms with van der Waals surface area (Å²) in [5, 5.41) is 0. The second-order valence-electron chi connectivity index (χ2n) is 6.31. The molecule has 1 fully saturated rings. The maximum Gasteiger partial charge on any atom is 0.316 e. The van der Waals surface area contributed by atoms with Crippen molar-refractivity contribution in [3.8, 4) is 5.75 Å². The van der Waals surface area contributed by atoms with Gasteiger partial charge in [-0.2, -0.15) is 0 Å². The zero-order chi connectivity index (χ0) is 16.3. The Hall–Kier alpha value is -1.77. The fourth-order valence-electron chi connectivity index (χ4n) is 3.12. The quantitative estimate of drug-likeness (QED) is 0.586. The largest absolute Gasteiger partial charge is 0.489 e. The smallest absolute Gasteiger partial charge is 0.316 e. The van der Waals surface area contributed by atoms with Gasteiger partial charge in [0.15, 0.2) is 0 Å². The van der Waals surface area contributed by atoms with Gasteiger partial charge in [0.05, 0.1) is 12.5 Å². The minimum atomic E-state index is -0.448. The summed E-state index contributed by atoms with van der Waals surface area (Å²) in [6.07, 6.45) is 3.68. The number of ether oxygens (including phenoxy) is 2. The van der Waals surface area contributed by atoms with E-state index in [9.17, 15) is 4.79 Å². The van der Waals surface area contributed by atoms with E-state index in [4.69, 9.17) is 9.47 Å². The van der Waals surface area contributed by atoms with Crippen LogP contribution in [0.2, 0.25) is 0 Å². The highest BCUT2D eigenvalue weighted by atomic mass is 16.5. The SMILES string of the molecule is C=C(C)COc1c(C)cc(C2(C(=O)OC)CCC2)cc1CC. The van der Waals surface area contributed by atoms with E-state index in [2.05, 4.69) is 25.6 Å². The van der Waals surface area contributed by atoms with Gasteiger partial charge < -0.3 is 9.47 Å². The minimum Gasteiger partial charge on any atom is -0.489 e. The van der Waals surface area contributed by atoms with Crippen molar-refractivity contribution in [1.29, 1.82) is 0 Å². The highest BCUT2D eigenvalue weighted by Gasteiger charge is 2.47. The summed E-state index contributed by atoms with van der Waals surface area (Å²) in [7, 11) is 1.47. The van der Waals surface area contributed by atoms with Gasteiger partial charge in [-0.25, -0.2) is 0 Å². The summed E-state index contributed by atoms with van der Waals surface area (Å²) in [5.74, 6) is 0.810. The lowest BCUT2D eigenvalue weighted by molar-refractivity contribution is -0.151. The summed E-state index contributed by atoms with van der Waals surface area (Å²) in [4.78, 5) is 12.3. The van der Waals surface area contributed by atoms with E-state index in [-0.39, 0.29) is 5.97 Å². The predicted octanol–water partition coefficient (Wildman–Crippen LogP) is 4.11. The van der Waals surface area contributed by atoms with Crippen LogP contribution in [0.4, 0.5) is 0 Å². The molecule has 2 rings (SSSR count). The first-order valence-electron chi connectivity index (χ1n) is 7.94. The molecule has 0 aliphatic heterocycles.